The van der Waals surface area contributed by atoms with Gasteiger partial charge in [0.25, 0.3) is 0 Å². The normalized spacial score (nSPS) is 26.1. The van der Waals surface area contributed by atoms with Gasteiger partial charge in [-0.2, -0.15) is 0 Å². The summed E-state index contributed by atoms with van der Waals surface area (Å²) in [6, 6.07) is 7.06. The first kappa shape index (κ1) is 13.5. The molecule has 0 spiro atoms. The van der Waals surface area contributed by atoms with Gasteiger partial charge in [0.15, 0.2) is 0 Å². The maximum atomic E-state index is 11.5. The Bertz CT molecular complexity index is 475. The van der Waals surface area contributed by atoms with E-state index in [0.717, 1.165) is 11.1 Å². The number of esters is 1. The third-order valence-corrected chi connectivity index (χ3v) is 3.44. The molecule has 0 atom stereocenters. The van der Waals surface area contributed by atoms with Crippen LogP contribution >= 0.6 is 0 Å². The molecule has 0 aromatic heterocycles. The van der Waals surface area contributed by atoms with Crippen molar-refractivity contribution >= 4 is 12.2 Å². The lowest BCUT2D eigenvalue weighted by Gasteiger charge is -2.42. The predicted molar refractivity (Wildman–Crippen MR) is 69.1 cm³/mol. The van der Waals surface area contributed by atoms with E-state index in [1.165, 1.54) is 6.21 Å². The Labute approximate surface area is 111 Å². The lowest BCUT2D eigenvalue weighted by atomic mass is 9.67. The van der Waals surface area contributed by atoms with E-state index in [1.807, 2.05) is 0 Å². The first-order valence-corrected chi connectivity index (χ1v) is 6.26. The van der Waals surface area contributed by atoms with Crippen molar-refractivity contribution in [2.45, 2.75) is 25.4 Å². The van der Waals surface area contributed by atoms with Gasteiger partial charge in [-0.1, -0.05) is 29.4 Å². The zero-order valence-corrected chi connectivity index (χ0v) is 10.7. The molecule has 1 fully saturated rings. The second-order valence-electron chi connectivity index (χ2n) is 4.76. The summed E-state index contributed by atoms with van der Waals surface area (Å²) >= 11 is 0. The van der Waals surface area contributed by atoms with Crippen LogP contribution in [0.25, 0.3) is 0 Å². The summed E-state index contributed by atoms with van der Waals surface area (Å²) in [5, 5.41) is 21.8. The number of hydrogen-bond acceptors (Lipinski definition) is 5. The third kappa shape index (κ3) is 2.76. The largest absolute Gasteiger partial charge is 0.466 e. The van der Waals surface area contributed by atoms with Crippen molar-refractivity contribution in [1.82, 2.24) is 0 Å². The molecule has 0 saturated heterocycles. The Morgan fingerprint density at radius 3 is 2.63 bits per heavy atom. The highest BCUT2D eigenvalue weighted by molar-refractivity contribution is 5.79. The van der Waals surface area contributed by atoms with Crippen LogP contribution in [-0.2, 0) is 15.1 Å². The molecule has 2 rings (SSSR count). The van der Waals surface area contributed by atoms with Gasteiger partial charge in [0.2, 0.25) is 0 Å². The van der Waals surface area contributed by atoms with Crippen LogP contribution in [0.2, 0.25) is 0 Å². The Hall–Kier alpha value is -1.88. The monoisotopic (exact) mass is 263 g/mol. The van der Waals surface area contributed by atoms with Gasteiger partial charge in [-0.15, -0.1) is 0 Å². The number of ether oxygens (including phenoxy) is 1. The van der Waals surface area contributed by atoms with E-state index in [9.17, 15) is 9.90 Å². The van der Waals surface area contributed by atoms with Gasteiger partial charge in [0.05, 0.1) is 24.3 Å². The number of hydrogen-bond donors (Lipinski definition) is 2. The van der Waals surface area contributed by atoms with Crippen LogP contribution in [0.4, 0.5) is 0 Å². The molecule has 0 unspecified atom stereocenters. The van der Waals surface area contributed by atoms with Gasteiger partial charge in [-0.25, -0.2) is 0 Å². The summed E-state index contributed by atoms with van der Waals surface area (Å²) < 4.78 is 4.93. The van der Waals surface area contributed by atoms with Crippen molar-refractivity contribution < 1.29 is 19.8 Å². The number of carbonyl (C=O) groups excluding carboxylic acids is 1. The minimum absolute atomic E-state index is 0.219. The molecule has 2 N–H and O–H groups in total. The lowest BCUT2D eigenvalue weighted by molar-refractivity contribution is -0.165. The van der Waals surface area contributed by atoms with Gasteiger partial charge in [-0.05, 0) is 30.9 Å². The van der Waals surface area contributed by atoms with Crippen molar-refractivity contribution in [3.63, 3.8) is 0 Å². The highest BCUT2D eigenvalue weighted by Gasteiger charge is 2.47. The van der Waals surface area contributed by atoms with Gasteiger partial charge < -0.3 is 15.1 Å². The zero-order chi connectivity index (χ0) is 13.9. The molecule has 1 aliphatic rings. The third-order valence-electron chi connectivity index (χ3n) is 3.44. The molecule has 0 bridgehead atoms. The number of benzene rings is 1. The van der Waals surface area contributed by atoms with Crippen molar-refractivity contribution in [3.05, 3.63) is 35.4 Å². The van der Waals surface area contributed by atoms with Gasteiger partial charge in [-0.3, -0.25) is 4.79 Å². The number of rotatable bonds is 4. The van der Waals surface area contributed by atoms with E-state index in [1.54, 1.807) is 31.2 Å². The molecule has 1 saturated carbocycles. The molecule has 1 aromatic carbocycles. The van der Waals surface area contributed by atoms with Crippen LogP contribution in [0.1, 0.15) is 30.9 Å². The van der Waals surface area contributed by atoms with Crippen LogP contribution in [0.3, 0.4) is 0 Å². The Kier molecular flexibility index (Phi) is 3.85. The van der Waals surface area contributed by atoms with Gasteiger partial charge in [0.1, 0.15) is 0 Å². The fourth-order valence-electron chi connectivity index (χ4n) is 2.36. The lowest BCUT2D eigenvalue weighted by Crippen LogP contribution is -2.45. The van der Waals surface area contributed by atoms with Crippen molar-refractivity contribution in [2.75, 3.05) is 6.61 Å². The van der Waals surface area contributed by atoms with Crippen LogP contribution in [0, 0.1) is 5.92 Å². The Morgan fingerprint density at radius 2 is 2.11 bits per heavy atom. The van der Waals surface area contributed by atoms with Crippen molar-refractivity contribution in [3.8, 4) is 0 Å². The van der Waals surface area contributed by atoms with E-state index in [2.05, 4.69) is 5.16 Å². The molecule has 0 radical (unpaired) electrons. The zero-order valence-electron chi connectivity index (χ0n) is 10.7. The smallest absolute Gasteiger partial charge is 0.309 e. The summed E-state index contributed by atoms with van der Waals surface area (Å²) in [4.78, 5) is 11.5. The van der Waals surface area contributed by atoms with Gasteiger partial charge >= 0.3 is 5.97 Å². The average Bonchev–Trinajstić information content (AvgIpc) is 2.36. The van der Waals surface area contributed by atoms with Crippen LogP contribution in [-0.4, -0.2) is 29.1 Å². The number of carbonyl (C=O) groups is 1. The second-order valence-corrected chi connectivity index (χ2v) is 4.76. The molecule has 5 nitrogen and oxygen atoms in total. The van der Waals surface area contributed by atoms with E-state index in [4.69, 9.17) is 9.94 Å². The Balaban J connectivity index is 2.01. The molecule has 5 heteroatoms. The van der Waals surface area contributed by atoms with E-state index in [0.29, 0.717) is 19.4 Å². The fourth-order valence-corrected chi connectivity index (χ4v) is 2.36. The minimum Gasteiger partial charge on any atom is -0.466 e. The highest BCUT2D eigenvalue weighted by Crippen LogP contribution is 2.46. The number of nitrogens with zero attached hydrogens (tertiary/aromatic N) is 1. The van der Waals surface area contributed by atoms with Crippen LogP contribution in [0.15, 0.2) is 29.4 Å². The summed E-state index contributed by atoms with van der Waals surface area (Å²) in [6.07, 6.45) is 2.09. The van der Waals surface area contributed by atoms with Gasteiger partial charge in [0, 0.05) is 0 Å². The van der Waals surface area contributed by atoms with Crippen LogP contribution in [0.5, 0.6) is 0 Å². The first-order valence-electron chi connectivity index (χ1n) is 6.26. The highest BCUT2D eigenvalue weighted by atomic mass is 16.5. The molecule has 19 heavy (non-hydrogen) atoms. The quantitative estimate of drug-likeness (QED) is 0.375. The van der Waals surface area contributed by atoms with Crippen LogP contribution < -0.4 is 0 Å². The second kappa shape index (κ2) is 5.40. The molecule has 102 valence electrons. The topological polar surface area (TPSA) is 79.1 Å². The average molecular weight is 263 g/mol. The molecule has 1 aromatic rings. The molecule has 0 aliphatic heterocycles. The first-order chi connectivity index (χ1) is 9.09. The molecule has 0 heterocycles. The van der Waals surface area contributed by atoms with E-state index >= 15 is 0 Å². The SMILES string of the molecule is CCOC(=O)C1CC(O)(c2ccc(/C=N/O)cc2)C1. The predicted octanol–water partition coefficient (Wildman–Crippen LogP) is 1.66. The minimum atomic E-state index is -0.952. The summed E-state index contributed by atoms with van der Waals surface area (Å²) in [5.74, 6) is -0.458. The number of aliphatic hydroxyl groups is 1. The summed E-state index contributed by atoms with van der Waals surface area (Å²) in [7, 11) is 0. The maximum Gasteiger partial charge on any atom is 0.309 e. The summed E-state index contributed by atoms with van der Waals surface area (Å²) in [6.45, 7) is 2.13. The Morgan fingerprint density at radius 1 is 1.47 bits per heavy atom. The molecular formula is C14H17NO4. The maximum absolute atomic E-state index is 11.5. The summed E-state index contributed by atoms with van der Waals surface area (Å²) in [5.41, 5.74) is 0.561. The standard InChI is InChI=1S/C14H17NO4/c1-2-19-13(16)11-7-14(17,8-11)12-5-3-10(4-6-12)9-15-18/h3-6,9,11,17-18H,2,7-8H2,1H3/b15-9+. The van der Waals surface area contributed by atoms with Crippen molar-refractivity contribution in [1.29, 1.82) is 0 Å². The van der Waals surface area contributed by atoms with Crippen molar-refractivity contribution in [2.24, 2.45) is 11.1 Å². The van der Waals surface area contributed by atoms with E-state index in [-0.39, 0.29) is 11.9 Å². The molecular weight excluding hydrogens is 246 g/mol. The molecule has 0 amide bonds. The van der Waals surface area contributed by atoms with E-state index < -0.39 is 5.60 Å². The number of oxime groups is 1. The molecule has 1 aliphatic carbocycles. The fraction of sp³-hybridized carbons (Fsp3) is 0.429.